The van der Waals surface area contributed by atoms with E-state index in [1.165, 1.54) is 15.9 Å². The van der Waals surface area contributed by atoms with E-state index < -0.39 is 23.7 Å². The monoisotopic (exact) mass is 471 g/mol. The van der Waals surface area contributed by atoms with Crippen molar-refractivity contribution >= 4 is 11.9 Å². The Morgan fingerprint density at radius 1 is 1.26 bits per heavy atom. The molecule has 2 fully saturated rings. The maximum Gasteiger partial charge on any atom is 0.336 e. The Labute approximate surface area is 195 Å². The molecule has 3 aliphatic heterocycles. The number of nitrogens with zero attached hydrogens (tertiary/aromatic N) is 7. The van der Waals surface area contributed by atoms with Gasteiger partial charge in [-0.05, 0) is 49.7 Å². The number of amides is 1. The van der Waals surface area contributed by atoms with Crippen LogP contribution in [0.2, 0.25) is 0 Å². The van der Waals surface area contributed by atoms with Crippen LogP contribution in [0.5, 0.6) is 0 Å². The molecule has 0 aromatic carbocycles. The van der Waals surface area contributed by atoms with Crippen LogP contribution >= 0.6 is 0 Å². The minimum atomic E-state index is -1.37. The molecule has 0 aliphatic carbocycles. The lowest BCUT2D eigenvalue weighted by molar-refractivity contribution is -0.142. The number of tetrazole rings is 1. The molecule has 11 nitrogen and oxygen atoms in total. The Kier molecular flexibility index (Phi) is 5.64. The van der Waals surface area contributed by atoms with E-state index in [9.17, 15) is 14.7 Å². The Bertz CT molecular complexity index is 1150. The molecule has 0 bridgehead atoms. The molecular formula is C22H26FN7O4. The fourth-order valence-electron chi connectivity index (χ4n) is 5.14. The van der Waals surface area contributed by atoms with Gasteiger partial charge in [0.25, 0.3) is 0 Å². The number of rotatable bonds is 5. The summed E-state index contributed by atoms with van der Waals surface area (Å²) in [5.41, 5.74) is 1.14. The van der Waals surface area contributed by atoms with E-state index in [0.29, 0.717) is 54.3 Å². The number of aliphatic hydroxyl groups excluding tert-OH is 1. The second-order valence-electron chi connectivity index (χ2n) is 9.10. The number of hydrogen-bond acceptors (Lipinski definition) is 9. The Morgan fingerprint density at radius 3 is 2.71 bits per heavy atom. The van der Waals surface area contributed by atoms with Crippen LogP contribution in [0.3, 0.4) is 0 Å². The summed E-state index contributed by atoms with van der Waals surface area (Å²) in [5, 5.41) is 21.8. The minimum Gasteiger partial charge on any atom is -0.456 e. The smallest absolute Gasteiger partial charge is 0.336 e. The van der Waals surface area contributed by atoms with Crippen LogP contribution in [0, 0.1) is 12.3 Å². The maximum atomic E-state index is 15.5. The van der Waals surface area contributed by atoms with Gasteiger partial charge in [0.1, 0.15) is 19.1 Å². The molecule has 34 heavy (non-hydrogen) atoms. The summed E-state index contributed by atoms with van der Waals surface area (Å²) >= 11 is 0. The number of likely N-dealkylation sites (tertiary alicyclic amines) is 2. The van der Waals surface area contributed by atoms with Crippen molar-refractivity contribution in [1.82, 2.24) is 35.0 Å². The molecule has 2 unspecified atom stereocenters. The highest BCUT2D eigenvalue weighted by molar-refractivity contribution is 5.94. The van der Waals surface area contributed by atoms with Gasteiger partial charge in [0.15, 0.2) is 5.82 Å². The van der Waals surface area contributed by atoms with Gasteiger partial charge in [-0.1, -0.05) is 6.07 Å². The Hall–Kier alpha value is -3.25. The van der Waals surface area contributed by atoms with Crippen molar-refractivity contribution in [2.75, 3.05) is 32.8 Å². The molecule has 2 aromatic rings. The van der Waals surface area contributed by atoms with Crippen molar-refractivity contribution in [3.63, 3.8) is 0 Å². The predicted octanol–water partition coefficient (Wildman–Crippen LogP) is 0.492. The number of cyclic esters (lactones) is 1. The van der Waals surface area contributed by atoms with Crippen LogP contribution in [0.4, 0.5) is 4.39 Å². The molecule has 180 valence electrons. The molecule has 0 saturated carbocycles. The lowest BCUT2D eigenvalue weighted by Crippen LogP contribution is -2.53. The van der Waals surface area contributed by atoms with E-state index >= 15 is 4.39 Å². The molecule has 1 amide bonds. The third-order valence-electron chi connectivity index (χ3n) is 7.24. The van der Waals surface area contributed by atoms with Gasteiger partial charge in [0, 0.05) is 30.9 Å². The van der Waals surface area contributed by atoms with E-state index in [1.54, 1.807) is 26.0 Å². The molecule has 1 N–H and O–H groups in total. The number of ether oxygens (including phenoxy) is 1. The zero-order chi connectivity index (χ0) is 24.0. The number of carbonyl (C=O) groups is 2. The zero-order valence-corrected chi connectivity index (χ0v) is 19.0. The highest BCUT2D eigenvalue weighted by Crippen LogP contribution is 2.45. The van der Waals surface area contributed by atoms with E-state index in [1.807, 2.05) is 4.90 Å². The van der Waals surface area contributed by atoms with Gasteiger partial charge in [-0.25, -0.2) is 14.2 Å². The van der Waals surface area contributed by atoms with Crippen LogP contribution in [0.1, 0.15) is 37.1 Å². The van der Waals surface area contributed by atoms with Crippen LogP contribution in [0.15, 0.2) is 29.7 Å². The molecule has 5 rings (SSSR count). The lowest BCUT2D eigenvalue weighted by atomic mass is 9.75. The highest BCUT2D eigenvalue weighted by atomic mass is 19.1. The summed E-state index contributed by atoms with van der Waals surface area (Å²) in [6, 6.07) is 3.48. The number of piperidine rings is 1. The molecule has 3 atom stereocenters. The number of pyridine rings is 1. The summed E-state index contributed by atoms with van der Waals surface area (Å²) in [5.74, 6) is -0.169. The summed E-state index contributed by atoms with van der Waals surface area (Å²) in [6.45, 7) is 4.62. The van der Waals surface area contributed by atoms with Crippen molar-refractivity contribution in [3.05, 3.63) is 41.0 Å². The van der Waals surface area contributed by atoms with Crippen LogP contribution in [-0.4, -0.2) is 90.9 Å². The second kappa shape index (κ2) is 8.51. The van der Waals surface area contributed by atoms with Crippen molar-refractivity contribution < 1.29 is 23.8 Å². The normalized spacial score (nSPS) is 26.6. The molecule has 2 aromatic heterocycles. The van der Waals surface area contributed by atoms with Crippen LogP contribution < -0.4 is 0 Å². The summed E-state index contributed by atoms with van der Waals surface area (Å²) in [7, 11) is 0. The topological polar surface area (TPSA) is 127 Å². The van der Waals surface area contributed by atoms with Crippen LogP contribution in [-0.2, 0) is 14.3 Å². The number of carbonyl (C=O) groups excluding carboxylic acids is 2. The molecule has 1 spiro atoms. The molecule has 2 saturated heterocycles. The first-order valence-corrected chi connectivity index (χ1v) is 11.2. The third-order valence-corrected chi connectivity index (χ3v) is 7.24. The average Bonchev–Trinajstić information content (AvgIpc) is 3.53. The third kappa shape index (κ3) is 3.66. The SMILES string of the molecule is CC1=C(N2CCC3(CCN(C[C@H](O)c4ccc(-n5cnnn5)nc4C)CC3F)C2=O)COC1=O. The number of aromatic nitrogens is 5. The first-order chi connectivity index (χ1) is 16.3. The first-order valence-electron chi connectivity index (χ1n) is 11.2. The quantitative estimate of drug-likeness (QED) is 0.620. The van der Waals surface area contributed by atoms with Crippen molar-refractivity contribution in [3.8, 4) is 5.82 Å². The average molecular weight is 471 g/mol. The van der Waals surface area contributed by atoms with Crippen molar-refractivity contribution in [2.24, 2.45) is 5.41 Å². The predicted molar refractivity (Wildman–Crippen MR) is 115 cm³/mol. The van der Waals surface area contributed by atoms with E-state index in [4.69, 9.17) is 4.74 Å². The van der Waals surface area contributed by atoms with Crippen molar-refractivity contribution in [1.29, 1.82) is 0 Å². The fraction of sp³-hybridized carbons (Fsp3) is 0.545. The number of β-amino-alcohol motifs (C(OH)–C–C–N with tert-alkyl or cyclic N) is 1. The molecule has 12 heteroatoms. The second-order valence-corrected chi connectivity index (χ2v) is 9.10. The largest absolute Gasteiger partial charge is 0.456 e. The summed E-state index contributed by atoms with van der Waals surface area (Å²) in [6.07, 6.45) is -0.0415. The Balaban J connectivity index is 1.24. The molecule has 3 aliphatic rings. The number of aryl methyl sites for hydroxylation is 1. The number of alkyl halides is 1. The highest BCUT2D eigenvalue weighted by Gasteiger charge is 2.56. The number of halogens is 1. The summed E-state index contributed by atoms with van der Waals surface area (Å²) < 4.78 is 22.0. The molecule has 0 radical (unpaired) electrons. The minimum absolute atomic E-state index is 0.0548. The standard InChI is InChI=1S/C22H26FN7O4/c1-13-16(11-34-20(13)32)29-8-6-22(21(29)33)5-7-28(10-18(22)23)9-17(31)15-3-4-19(25-14(15)2)30-12-24-26-27-30/h3-4,12,17-18,31H,5-11H2,1-2H3/t17-,18?,22?/m0/s1. The van der Waals surface area contributed by atoms with Gasteiger partial charge in [0.2, 0.25) is 5.91 Å². The van der Waals surface area contributed by atoms with Crippen LogP contribution in [0.25, 0.3) is 5.82 Å². The van der Waals surface area contributed by atoms with Gasteiger partial charge in [-0.3, -0.25) is 9.69 Å². The van der Waals surface area contributed by atoms with Crippen molar-refractivity contribution in [2.45, 2.75) is 39.0 Å². The molecule has 5 heterocycles. The summed E-state index contributed by atoms with van der Waals surface area (Å²) in [4.78, 5) is 32.8. The lowest BCUT2D eigenvalue weighted by Gasteiger charge is -2.41. The zero-order valence-electron chi connectivity index (χ0n) is 19.0. The maximum absolute atomic E-state index is 15.5. The van der Waals surface area contributed by atoms with Gasteiger partial charge in [-0.2, -0.15) is 4.68 Å². The fourth-order valence-corrected chi connectivity index (χ4v) is 5.14. The van der Waals surface area contributed by atoms with E-state index in [0.717, 1.165) is 0 Å². The first kappa shape index (κ1) is 22.5. The van der Waals surface area contributed by atoms with Gasteiger partial charge in [-0.15, -0.1) is 5.10 Å². The van der Waals surface area contributed by atoms with Gasteiger partial charge in [0.05, 0.1) is 22.8 Å². The van der Waals surface area contributed by atoms with Gasteiger partial charge < -0.3 is 14.7 Å². The molecular weight excluding hydrogens is 445 g/mol. The van der Waals surface area contributed by atoms with Gasteiger partial charge >= 0.3 is 5.97 Å². The number of esters is 1. The Morgan fingerprint density at radius 2 is 2.06 bits per heavy atom. The number of aliphatic hydroxyl groups is 1. The van der Waals surface area contributed by atoms with E-state index in [-0.39, 0.29) is 25.6 Å². The number of hydrogen-bond donors (Lipinski definition) is 1. The van der Waals surface area contributed by atoms with E-state index in [2.05, 4.69) is 20.5 Å².